The molecule has 0 atom stereocenters. The summed E-state index contributed by atoms with van der Waals surface area (Å²) in [5.74, 6) is 1.62. The van der Waals surface area contributed by atoms with Gasteiger partial charge in [-0.1, -0.05) is 53.5 Å². The van der Waals surface area contributed by atoms with Gasteiger partial charge in [-0.05, 0) is 45.0 Å². The molecule has 6 aromatic rings. The van der Waals surface area contributed by atoms with Gasteiger partial charge in [-0.15, -0.1) is 5.69 Å². The first-order chi connectivity index (χ1) is 20.6. The van der Waals surface area contributed by atoms with Gasteiger partial charge in [0, 0.05) is 36.6 Å². The van der Waals surface area contributed by atoms with E-state index >= 15 is 0 Å². The summed E-state index contributed by atoms with van der Waals surface area (Å²) in [5.41, 5.74) is 6.90. The van der Waals surface area contributed by atoms with Gasteiger partial charge in [0.1, 0.15) is 11.4 Å². The molecule has 0 bridgehead atoms. The van der Waals surface area contributed by atoms with Crippen molar-refractivity contribution in [3.63, 3.8) is 0 Å². The maximum Gasteiger partial charge on any atom is 0.161 e. The minimum atomic E-state index is 0. The van der Waals surface area contributed by atoms with Crippen LogP contribution in [0.3, 0.4) is 0 Å². The minimum Gasteiger partial charge on any atom is -0.514 e. The van der Waals surface area contributed by atoms with Gasteiger partial charge in [0.15, 0.2) is 5.82 Å². The molecule has 2 aromatic heterocycles. The molecule has 8 rings (SSSR count). The van der Waals surface area contributed by atoms with Crippen LogP contribution in [0.5, 0.6) is 0 Å². The first-order valence-corrected chi connectivity index (χ1v) is 13.7. The van der Waals surface area contributed by atoms with Crippen LogP contribution in [0.25, 0.3) is 33.3 Å². The summed E-state index contributed by atoms with van der Waals surface area (Å²) in [4.78, 5) is 17.4. The van der Waals surface area contributed by atoms with Crippen LogP contribution in [0.4, 0.5) is 22.9 Å². The topological polar surface area (TPSA) is 51.9 Å². The Kier molecular flexibility index (Phi) is 7.89. The smallest absolute Gasteiger partial charge is 0.161 e. The van der Waals surface area contributed by atoms with Crippen LogP contribution in [0.2, 0.25) is 0 Å². The van der Waals surface area contributed by atoms with Crippen LogP contribution < -0.4 is 14.7 Å². The van der Waals surface area contributed by atoms with E-state index in [4.69, 9.17) is 9.40 Å². The van der Waals surface area contributed by atoms with Crippen molar-refractivity contribution in [1.82, 2.24) is 14.9 Å². The molecular weight excluding hydrogens is 713 g/mol. The average Bonchev–Trinajstić information content (AvgIpc) is 3.73. The van der Waals surface area contributed by atoms with Crippen LogP contribution in [0.1, 0.15) is 5.56 Å². The summed E-state index contributed by atoms with van der Waals surface area (Å²) < 4.78 is 5.99. The normalized spacial score (nSPS) is 13.7. The minimum absolute atomic E-state index is 0. The van der Waals surface area contributed by atoms with E-state index in [-0.39, 0.29) is 20.1 Å². The summed E-state index contributed by atoms with van der Waals surface area (Å²) in [6.45, 7) is 6.08. The molecule has 0 fully saturated rings. The fourth-order valence-corrected chi connectivity index (χ4v) is 5.20. The van der Waals surface area contributed by atoms with Crippen LogP contribution >= 0.6 is 0 Å². The molecule has 0 saturated heterocycles. The molecule has 7 nitrogen and oxygen atoms in total. The molecule has 0 unspecified atom stereocenters. The second-order valence-corrected chi connectivity index (χ2v) is 10.2. The van der Waals surface area contributed by atoms with Gasteiger partial charge >= 0.3 is 0 Å². The van der Waals surface area contributed by atoms with Gasteiger partial charge in [-0.3, -0.25) is 0 Å². The first-order valence-electron chi connectivity index (χ1n) is 13.7. The molecular formula is C35H28IrN6O-4. The fourth-order valence-electron chi connectivity index (χ4n) is 5.20. The van der Waals surface area contributed by atoms with E-state index in [1.807, 2.05) is 132 Å². The molecule has 0 saturated carbocycles. The van der Waals surface area contributed by atoms with Crippen molar-refractivity contribution in [2.45, 2.75) is 6.92 Å². The number of anilines is 4. The Morgan fingerprint density at radius 3 is 2.42 bits per heavy atom. The summed E-state index contributed by atoms with van der Waals surface area (Å²) in [6.07, 6.45) is 5.87. The molecule has 0 N–H and O–H groups in total. The molecule has 2 aliphatic rings. The second-order valence-electron chi connectivity index (χ2n) is 10.2. The zero-order valence-corrected chi connectivity index (χ0v) is 26.3. The third kappa shape index (κ3) is 5.36. The molecule has 8 heteroatoms. The maximum atomic E-state index is 5.99. The fraction of sp³-hybridized carbons (Fsp3) is 0.0857. The second kappa shape index (κ2) is 11.9. The van der Waals surface area contributed by atoms with Crippen LogP contribution in [-0.4, -0.2) is 29.0 Å². The van der Waals surface area contributed by atoms with Gasteiger partial charge in [0.05, 0.1) is 11.9 Å². The molecule has 0 aliphatic carbocycles. The number of fused-ring (bicyclic) bond motifs is 4. The van der Waals surface area contributed by atoms with Crippen molar-refractivity contribution in [1.29, 1.82) is 0 Å². The molecule has 4 heterocycles. The standard InChI is InChI=1S/C19H16N4.C16H12N2O.Ir/c1-14-8-6-7-11-16(14)18-20-12-17-19(21-18)23(13-22(17)2)15-9-4-3-5-10-15;1-17-9-10-18(11-17)14-7-4-6-13-12-5-2-3-8-15(12)19-16(13)14;/h3-9,11-13H,1-2H3;2-6,8-11H,1H3;/q2*-2;. The van der Waals surface area contributed by atoms with Crippen molar-refractivity contribution < 1.29 is 24.5 Å². The Hall–Kier alpha value is -4.65. The van der Waals surface area contributed by atoms with Crippen LogP contribution in [0.15, 0.2) is 108 Å². The van der Waals surface area contributed by atoms with Crippen molar-refractivity contribution >= 4 is 44.8 Å². The van der Waals surface area contributed by atoms with E-state index in [0.29, 0.717) is 0 Å². The Bertz CT molecular complexity index is 1920. The summed E-state index contributed by atoms with van der Waals surface area (Å²) in [7, 11) is 3.99. The monoisotopic (exact) mass is 741 g/mol. The van der Waals surface area contributed by atoms with E-state index in [1.165, 1.54) is 5.56 Å². The number of aryl methyl sites for hydroxylation is 1. The number of aromatic nitrogens is 2. The predicted octanol–water partition coefficient (Wildman–Crippen LogP) is 7.69. The third-order valence-electron chi connectivity index (χ3n) is 7.33. The van der Waals surface area contributed by atoms with E-state index in [9.17, 15) is 0 Å². The predicted molar refractivity (Wildman–Crippen MR) is 169 cm³/mol. The number of hydrogen-bond donors (Lipinski definition) is 0. The largest absolute Gasteiger partial charge is 0.514 e. The quantitative estimate of drug-likeness (QED) is 0.173. The number of benzene rings is 4. The van der Waals surface area contributed by atoms with Gasteiger partial charge in [-0.2, -0.15) is 61.9 Å². The van der Waals surface area contributed by atoms with Crippen LogP contribution in [0, 0.1) is 32.4 Å². The van der Waals surface area contributed by atoms with Gasteiger partial charge in [0.25, 0.3) is 0 Å². The summed E-state index contributed by atoms with van der Waals surface area (Å²) in [5, 5.41) is 2.27. The van der Waals surface area contributed by atoms with Crippen molar-refractivity contribution in [2.75, 3.05) is 28.8 Å². The Morgan fingerprint density at radius 2 is 1.63 bits per heavy atom. The van der Waals surface area contributed by atoms with Crippen molar-refractivity contribution in [3.8, 4) is 11.4 Å². The molecule has 1 radical (unpaired) electrons. The average molecular weight is 741 g/mol. The Morgan fingerprint density at radius 1 is 0.814 bits per heavy atom. The number of hydrogen-bond acceptors (Lipinski definition) is 7. The van der Waals surface area contributed by atoms with E-state index in [2.05, 4.69) is 42.2 Å². The van der Waals surface area contributed by atoms with Gasteiger partial charge in [-0.25, -0.2) is 9.97 Å². The number of furan rings is 1. The number of nitrogens with zero attached hydrogens (tertiary/aromatic N) is 6. The van der Waals surface area contributed by atoms with Crippen molar-refractivity contribution in [2.24, 2.45) is 0 Å². The molecule has 2 aliphatic heterocycles. The zero-order chi connectivity index (χ0) is 28.6. The first kappa shape index (κ1) is 28.5. The van der Waals surface area contributed by atoms with E-state index in [0.717, 1.165) is 56.2 Å². The Balaban J connectivity index is 0.000000152. The maximum absolute atomic E-state index is 5.99. The number of para-hydroxylation sites is 2. The molecule has 4 aromatic carbocycles. The van der Waals surface area contributed by atoms with Crippen LogP contribution in [-0.2, 0) is 20.1 Å². The molecule has 217 valence electrons. The molecule has 0 amide bonds. The zero-order valence-electron chi connectivity index (χ0n) is 23.9. The summed E-state index contributed by atoms with van der Waals surface area (Å²) >= 11 is 0. The molecule has 43 heavy (non-hydrogen) atoms. The number of rotatable bonds is 3. The van der Waals surface area contributed by atoms with Crippen molar-refractivity contribution in [3.05, 3.63) is 135 Å². The van der Waals surface area contributed by atoms with E-state index in [1.54, 1.807) is 0 Å². The van der Waals surface area contributed by atoms with Gasteiger partial charge in [0.2, 0.25) is 0 Å². The van der Waals surface area contributed by atoms with E-state index < -0.39 is 0 Å². The Labute approximate surface area is 265 Å². The van der Waals surface area contributed by atoms with Gasteiger partial charge < -0.3 is 24.0 Å². The summed E-state index contributed by atoms with van der Waals surface area (Å²) in [6, 6.07) is 34.7. The third-order valence-corrected chi connectivity index (χ3v) is 7.33. The SMILES string of the molecule is CN1C=CN(c2[c-]ccc3c2oc2ccccc23)[CH-]1.Cc1ccccc1-c1ncc2c(n1)N(c1[c-]cccc1)[CH-]N2C.[Ir]. The molecule has 0 spiro atoms.